The molecule has 1 saturated heterocycles. The summed E-state index contributed by atoms with van der Waals surface area (Å²) in [6, 6.07) is 9.29. The molecule has 10 heteroatoms. The van der Waals surface area contributed by atoms with Crippen LogP contribution < -0.4 is 0 Å². The third kappa shape index (κ3) is 6.32. The van der Waals surface area contributed by atoms with Crippen molar-refractivity contribution in [2.75, 3.05) is 32.7 Å². The van der Waals surface area contributed by atoms with Gasteiger partial charge in [-0.25, -0.2) is 14.4 Å². The zero-order chi connectivity index (χ0) is 25.0. The number of carbonyl (C=O) groups excluding carboxylic acids is 3. The van der Waals surface area contributed by atoms with E-state index >= 15 is 0 Å². The molecule has 2 aliphatic rings. The van der Waals surface area contributed by atoms with Gasteiger partial charge in [-0.3, -0.25) is 0 Å². The highest BCUT2D eigenvalue weighted by Gasteiger charge is 2.29. The lowest BCUT2D eigenvalue weighted by molar-refractivity contribution is 0.0236. The van der Waals surface area contributed by atoms with Crippen molar-refractivity contribution in [1.29, 1.82) is 0 Å². The van der Waals surface area contributed by atoms with Gasteiger partial charge >= 0.3 is 18.2 Å². The molecule has 1 aromatic carbocycles. The number of fused-ring (bicyclic) bond motifs is 1. The SMILES string of the molecule is CC(C)(C)OC(=O)N1CCCc2nn(C(=O)N3CCN(C(=O)OCc4ccccc4)CC3)cc2C1. The minimum atomic E-state index is -0.567. The number of ether oxygens (including phenoxy) is 2. The molecule has 3 heterocycles. The van der Waals surface area contributed by atoms with Gasteiger partial charge in [0.15, 0.2) is 0 Å². The monoisotopic (exact) mass is 483 g/mol. The van der Waals surface area contributed by atoms with Crippen LogP contribution in [0.3, 0.4) is 0 Å². The Morgan fingerprint density at radius 1 is 0.914 bits per heavy atom. The van der Waals surface area contributed by atoms with E-state index < -0.39 is 5.60 Å². The number of hydrogen-bond donors (Lipinski definition) is 0. The van der Waals surface area contributed by atoms with Gasteiger partial charge in [-0.2, -0.15) is 9.78 Å². The quantitative estimate of drug-likeness (QED) is 0.649. The van der Waals surface area contributed by atoms with E-state index in [4.69, 9.17) is 9.47 Å². The second kappa shape index (κ2) is 10.4. The summed E-state index contributed by atoms with van der Waals surface area (Å²) in [7, 11) is 0. The lowest BCUT2D eigenvalue weighted by atomic mass is 10.2. The molecule has 0 bridgehead atoms. The molecule has 1 aromatic heterocycles. The first-order valence-corrected chi connectivity index (χ1v) is 12.0. The second-order valence-electron chi connectivity index (χ2n) is 9.85. The molecule has 188 valence electrons. The van der Waals surface area contributed by atoms with Gasteiger partial charge in [-0.15, -0.1) is 0 Å². The highest BCUT2D eigenvalue weighted by atomic mass is 16.6. The number of rotatable bonds is 2. The van der Waals surface area contributed by atoms with E-state index in [0.29, 0.717) is 45.7 Å². The summed E-state index contributed by atoms with van der Waals surface area (Å²) >= 11 is 0. The van der Waals surface area contributed by atoms with Crippen molar-refractivity contribution in [3.8, 4) is 0 Å². The molecular formula is C25H33N5O5. The summed E-state index contributed by atoms with van der Waals surface area (Å²) in [5, 5.41) is 4.51. The minimum Gasteiger partial charge on any atom is -0.445 e. The van der Waals surface area contributed by atoms with Gasteiger partial charge in [-0.05, 0) is 39.2 Å². The average molecular weight is 484 g/mol. The van der Waals surface area contributed by atoms with E-state index in [1.807, 2.05) is 51.1 Å². The molecule has 0 unspecified atom stereocenters. The fraction of sp³-hybridized carbons (Fsp3) is 0.520. The fourth-order valence-corrected chi connectivity index (χ4v) is 4.13. The first-order valence-electron chi connectivity index (χ1n) is 12.0. The van der Waals surface area contributed by atoms with Crippen LogP contribution in [0.15, 0.2) is 36.5 Å². The smallest absolute Gasteiger partial charge is 0.410 e. The van der Waals surface area contributed by atoms with E-state index in [0.717, 1.165) is 23.2 Å². The Balaban J connectivity index is 1.31. The summed E-state index contributed by atoms with van der Waals surface area (Å²) in [5.41, 5.74) is 2.04. The summed E-state index contributed by atoms with van der Waals surface area (Å²) in [4.78, 5) is 43.0. The molecule has 4 rings (SSSR count). The maximum Gasteiger partial charge on any atom is 0.410 e. The predicted octanol–water partition coefficient (Wildman–Crippen LogP) is 3.49. The lowest BCUT2D eigenvalue weighted by Crippen LogP contribution is -2.51. The van der Waals surface area contributed by atoms with Gasteiger partial charge in [0, 0.05) is 44.5 Å². The Labute approximate surface area is 205 Å². The molecule has 0 atom stereocenters. The maximum absolute atomic E-state index is 13.1. The van der Waals surface area contributed by atoms with Crippen LogP contribution in [0.5, 0.6) is 0 Å². The maximum atomic E-state index is 13.1. The summed E-state index contributed by atoms with van der Waals surface area (Å²) < 4.78 is 12.3. The molecule has 0 saturated carbocycles. The molecule has 35 heavy (non-hydrogen) atoms. The number of aryl methyl sites for hydroxylation is 1. The van der Waals surface area contributed by atoms with Crippen LogP contribution in [-0.4, -0.2) is 81.0 Å². The zero-order valence-corrected chi connectivity index (χ0v) is 20.6. The minimum absolute atomic E-state index is 0.220. The van der Waals surface area contributed by atoms with Gasteiger partial charge in [0.05, 0.1) is 12.2 Å². The van der Waals surface area contributed by atoms with Crippen molar-refractivity contribution < 1.29 is 23.9 Å². The Morgan fingerprint density at radius 3 is 2.29 bits per heavy atom. The van der Waals surface area contributed by atoms with Gasteiger partial charge in [0.1, 0.15) is 12.2 Å². The van der Waals surface area contributed by atoms with E-state index in [1.165, 1.54) is 4.68 Å². The zero-order valence-electron chi connectivity index (χ0n) is 20.6. The van der Waals surface area contributed by atoms with Crippen LogP contribution in [0.2, 0.25) is 0 Å². The van der Waals surface area contributed by atoms with Crippen molar-refractivity contribution in [1.82, 2.24) is 24.5 Å². The van der Waals surface area contributed by atoms with E-state index in [-0.39, 0.29) is 24.8 Å². The highest BCUT2D eigenvalue weighted by molar-refractivity contribution is 5.77. The number of carbonyl (C=O) groups is 3. The normalized spacial score (nSPS) is 16.4. The van der Waals surface area contributed by atoms with Crippen molar-refractivity contribution >= 4 is 18.2 Å². The molecular weight excluding hydrogens is 450 g/mol. The summed E-state index contributed by atoms with van der Waals surface area (Å²) in [6.07, 6.45) is 2.41. The summed E-state index contributed by atoms with van der Waals surface area (Å²) in [6.45, 7) is 8.27. The van der Waals surface area contributed by atoms with Crippen LogP contribution in [0.25, 0.3) is 0 Å². The molecule has 0 spiro atoms. The number of amides is 3. The van der Waals surface area contributed by atoms with Gasteiger partial charge in [-0.1, -0.05) is 30.3 Å². The van der Waals surface area contributed by atoms with Crippen molar-refractivity contribution in [3.05, 3.63) is 53.3 Å². The van der Waals surface area contributed by atoms with Crippen LogP contribution >= 0.6 is 0 Å². The topological polar surface area (TPSA) is 97.2 Å². The standard InChI is InChI=1S/C25H33N5O5/c1-25(2,3)35-24(33)29-11-7-10-21-20(16-29)17-30(26-21)22(31)27-12-14-28(15-13-27)23(32)34-18-19-8-5-4-6-9-19/h4-6,8-9,17H,7,10-16,18H2,1-3H3. The fourth-order valence-electron chi connectivity index (χ4n) is 4.13. The van der Waals surface area contributed by atoms with Crippen molar-refractivity contribution in [3.63, 3.8) is 0 Å². The van der Waals surface area contributed by atoms with Crippen molar-refractivity contribution in [2.45, 2.75) is 52.4 Å². The molecule has 0 aliphatic carbocycles. The first-order chi connectivity index (χ1) is 16.7. The Kier molecular flexibility index (Phi) is 7.28. The number of hydrogen-bond acceptors (Lipinski definition) is 6. The first kappa shape index (κ1) is 24.6. The lowest BCUT2D eigenvalue weighted by Gasteiger charge is -2.33. The summed E-state index contributed by atoms with van der Waals surface area (Å²) in [5.74, 6) is 0. The van der Waals surface area contributed by atoms with Gasteiger partial charge in [0.25, 0.3) is 0 Å². The number of aromatic nitrogens is 2. The second-order valence-corrected chi connectivity index (χ2v) is 9.85. The Bertz CT molecular complexity index is 1050. The average Bonchev–Trinajstić information content (AvgIpc) is 3.12. The van der Waals surface area contributed by atoms with E-state index in [2.05, 4.69) is 5.10 Å². The van der Waals surface area contributed by atoms with Crippen molar-refractivity contribution in [2.24, 2.45) is 0 Å². The number of nitrogens with zero attached hydrogens (tertiary/aromatic N) is 5. The van der Waals surface area contributed by atoms with E-state index in [9.17, 15) is 14.4 Å². The highest BCUT2D eigenvalue weighted by Crippen LogP contribution is 2.20. The molecule has 10 nitrogen and oxygen atoms in total. The predicted molar refractivity (Wildman–Crippen MR) is 128 cm³/mol. The number of benzene rings is 1. The molecule has 2 aromatic rings. The van der Waals surface area contributed by atoms with Crippen LogP contribution in [-0.2, 0) is 29.0 Å². The molecule has 0 N–H and O–H groups in total. The van der Waals surface area contributed by atoms with Crippen LogP contribution in [0.1, 0.15) is 44.0 Å². The number of piperazine rings is 1. The largest absolute Gasteiger partial charge is 0.445 e. The Morgan fingerprint density at radius 2 is 1.60 bits per heavy atom. The third-order valence-corrected chi connectivity index (χ3v) is 5.94. The van der Waals surface area contributed by atoms with Crippen LogP contribution in [0, 0.1) is 0 Å². The third-order valence-electron chi connectivity index (χ3n) is 5.94. The Hall–Kier alpha value is -3.56. The molecule has 2 aliphatic heterocycles. The van der Waals surface area contributed by atoms with Crippen LogP contribution in [0.4, 0.5) is 14.4 Å². The van der Waals surface area contributed by atoms with Gasteiger partial charge in [0.2, 0.25) is 0 Å². The molecule has 3 amide bonds. The van der Waals surface area contributed by atoms with Gasteiger partial charge < -0.3 is 24.2 Å². The molecule has 1 fully saturated rings. The van der Waals surface area contributed by atoms with E-state index in [1.54, 1.807) is 20.9 Å². The molecule has 0 radical (unpaired) electrons.